The van der Waals surface area contributed by atoms with Gasteiger partial charge >= 0.3 is 0 Å². The van der Waals surface area contributed by atoms with E-state index in [4.69, 9.17) is 16.6 Å². The van der Waals surface area contributed by atoms with Gasteiger partial charge in [-0.15, -0.1) is 11.6 Å². The van der Waals surface area contributed by atoms with Crippen molar-refractivity contribution in [3.8, 4) is 0 Å². The van der Waals surface area contributed by atoms with Crippen LogP contribution in [0.2, 0.25) is 0 Å². The van der Waals surface area contributed by atoms with E-state index in [9.17, 15) is 0 Å². The zero-order valence-electron chi connectivity index (χ0n) is 11.3. The van der Waals surface area contributed by atoms with Gasteiger partial charge in [0, 0.05) is 24.3 Å². The number of nitrogens with zero attached hydrogens (tertiary/aromatic N) is 2. The van der Waals surface area contributed by atoms with Crippen LogP contribution in [0.1, 0.15) is 27.9 Å². The summed E-state index contributed by atoms with van der Waals surface area (Å²) in [7, 11) is 0. The summed E-state index contributed by atoms with van der Waals surface area (Å²) in [5, 5.41) is 0. The highest BCUT2D eigenvalue weighted by Gasteiger charge is 2.22. The molecule has 0 unspecified atom stereocenters. The van der Waals surface area contributed by atoms with Crippen LogP contribution in [0.25, 0.3) is 0 Å². The van der Waals surface area contributed by atoms with E-state index in [0.717, 1.165) is 30.2 Å². The lowest BCUT2D eigenvalue weighted by Crippen LogP contribution is -2.18. The van der Waals surface area contributed by atoms with E-state index < -0.39 is 0 Å². The van der Waals surface area contributed by atoms with E-state index in [2.05, 4.69) is 42.2 Å². The molecular weight excluding hydrogens is 256 g/mol. The predicted molar refractivity (Wildman–Crippen MR) is 79.6 cm³/mol. The molecule has 19 heavy (non-hydrogen) atoms. The average molecular weight is 273 g/mol. The Morgan fingerprint density at radius 1 is 1.16 bits per heavy atom. The van der Waals surface area contributed by atoms with Crippen LogP contribution in [0.5, 0.6) is 0 Å². The van der Waals surface area contributed by atoms with Crippen molar-refractivity contribution >= 4 is 17.4 Å². The van der Waals surface area contributed by atoms with Gasteiger partial charge in [0.15, 0.2) is 0 Å². The van der Waals surface area contributed by atoms with Crippen LogP contribution in [0.4, 0.5) is 5.82 Å². The second kappa shape index (κ2) is 4.86. The number of hydrogen-bond donors (Lipinski definition) is 0. The number of rotatable bonds is 2. The topological polar surface area (TPSA) is 16.1 Å². The number of aromatic nitrogens is 1. The van der Waals surface area contributed by atoms with Crippen molar-refractivity contribution in [3.63, 3.8) is 0 Å². The molecule has 1 aromatic carbocycles. The summed E-state index contributed by atoms with van der Waals surface area (Å²) < 4.78 is 0. The molecule has 0 aliphatic carbocycles. The van der Waals surface area contributed by atoms with Crippen molar-refractivity contribution in [1.82, 2.24) is 4.98 Å². The van der Waals surface area contributed by atoms with E-state index in [1.165, 1.54) is 16.7 Å². The Morgan fingerprint density at radius 2 is 1.79 bits per heavy atom. The van der Waals surface area contributed by atoms with Gasteiger partial charge in [0.25, 0.3) is 0 Å². The molecule has 0 atom stereocenters. The van der Waals surface area contributed by atoms with Crippen LogP contribution in [0.15, 0.2) is 30.3 Å². The number of anilines is 1. The van der Waals surface area contributed by atoms with E-state index in [1.807, 2.05) is 6.92 Å². The quantitative estimate of drug-likeness (QED) is 0.770. The SMILES string of the molecule is Cc1cc(C)c(CCl)c(N2Cc3ccccc3C2)n1. The number of aryl methyl sites for hydroxylation is 2. The van der Waals surface area contributed by atoms with E-state index in [0.29, 0.717) is 5.88 Å². The Hall–Kier alpha value is -1.54. The van der Waals surface area contributed by atoms with Gasteiger partial charge in [0.2, 0.25) is 0 Å². The lowest BCUT2D eigenvalue weighted by atomic mass is 10.1. The number of alkyl halides is 1. The molecule has 0 N–H and O–H groups in total. The van der Waals surface area contributed by atoms with Gasteiger partial charge in [0.05, 0.1) is 5.88 Å². The maximum atomic E-state index is 6.11. The summed E-state index contributed by atoms with van der Waals surface area (Å²) in [6, 6.07) is 10.7. The molecule has 2 aromatic rings. The van der Waals surface area contributed by atoms with Crippen LogP contribution in [-0.4, -0.2) is 4.98 Å². The molecule has 98 valence electrons. The fourth-order valence-electron chi connectivity index (χ4n) is 2.75. The first-order chi connectivity index (χ1) is 9.19. The number of hydrogen-bond acceptors (Lipinski definition) is 2. The first kappa shape index (κ1) is 12.5. The average Bonchev–Trinajstić information content (AvgIpc) is 2.81. The van der Waals surface area contributed by atoms with E-state index >= 15 is 0 Å². The normalized spacial score (nSPS) is 13.7. The zero-order chi connectivity index (χ0) is 13.4. The minimum atomic E-state index is 0.515. The third kappa shape index (κ3) is 2.21. The molecule has 0 amide bonds. The Balaban J connectivity index is 2.01. The lowest BCUT2D eigenvalue weighted by Gasteiger charge is -2.21. The standard InChI is InChI=1S/C16H17ClN2/c1-11-7-12(2)18-16(15(11)8-17)19-9-13-5-3-4-6-14(13)10-19/h3-7H,8-10H2,1-2H3. The van der Waals surface area contributed by atoms with Crippen LogP contribution in [-0.2, 0) is 19.0 Å². The first-order valence-electron chi connectivity index (χ1n) is 6.54. The van der Waals surface area contributed by atoms with Crippen LogP contribution in [0.3, 0.4) is 0 Å². The molecule has 1 aliphatic rings. The van der Waals surface area contributed by atoms with Gasteiger partial charge in [-0.05, 0) is 36.6 Å². The molecule has 0 bridgehead atoms. The molecule has 1 aliphatic heterocycles. The van der Waals surface area contributed by atoms with Crippen molar-refractivity contribution in [2.75, 3.05) is 4.90 Å². The number of pyridine rings is 1. The molecule has 3 heteroatoms. The van der Waals surface area contributed by atoms with E-state index in [-0.39, 0.29) is 0 Å². The minimum Gasteiger partial charge on any atom is -0.348 e. The summed E-state index contributed by atoms with van der Waals surface area (Å²) in [4.78, 5) is 7.03. The number of benzene rings is 1. The second-order valence-corrected chi connectivity index (χ2v) is 5.41. The molecule has 0 spiro atoms. The van der Waals surface area contributed by atoms with Gasteiger partial charge in [-0.1, -0.05) is 24.3 Å². The van der Waals surface area contributed by atoms with Crippen molar-refractivity contribution in [3.05, 3.63) is 58.3 Å². The van der Waals surface area contributed by atoms with Crippen molar-refractivity contribution < 1.29 is 0 Å². The predicted octanol–water partition coefficient (Wildman–Crippen LogP) is 3.96. The van der Waals surface area contributed by atoms with Gasteiger partial charge in [-0.3, -0.25) is 0 Å². The first-order valence-corrected chi connectivity index (χ1v) is 7.07. The maximum Gasteiger partial charge on any atom is 0.134 e. The van der Waals surface area contributed by atoms with Crippen molar-refractivity contribution in [1.29, 1.82) is 0 Å². The van der Waals surface area contributed by atoms with Crippen molar-refractivity contribution in [2.24, 2.45) is 0 Å². The number of halogens is 1. The minimum absolute atomic E-state index is 0.515. The molecule has 2 heterocycles. The van der Waals surface area contributed by atoms with Gasteiger partial charge in [-0.2, -0.15) is 0 Å². The Labute approximate surface area is 119 Å². The molecule has 2 nitrogen and oxygen atoms in total. The fourth-order valence-corrected chi connectivity index (χ4v) is 3.08. The summed E-state index contributed by atoms with van der Waals surface area (Å²) >= 11 is 6.11. The third-order valence-electron chi connectivity index (χ3n) is 3.73. The summed E-state index contributed by atoms with van der Waals surface area (Å²) in [6.45, 7) is 6.00. The smallest absolute Gasteiger partial charge is 0.134 e. The summed E-state index contributed by atoms with van der Waals surface area (Å²) in [5.41, 5.74) is 6.22. The van der Waals surface area contributed by atoms with Gasteiger partial charge < -0.3 is 4.90 Å². The highest BCUT2D eigenvalue weighted by molar-refractivity contribution is 6.17. The fraction of sp³-hybridized carbons (Fsp3) is 0.312. The molecule has 1 aromatic heterocycles. The van der Waals surface area contributed by atoms with Gasteiger partial charge in [0.1, 0.15) is 5.82 Å². The second-order valence-electron chi connectivity index (χ2n) is 5.14. The third-order valence-corrected chi connectivity index (χ3v) is 3.99. The zero-order valence-corrected chi connectivity index (χ0v) is 12.0. The summed E-state index contributed by atoms with van der Waals surface area (Å²) in [6.07, 6.45) is 0. The molecular formula is C16H17ClN2. The van der Waals surface area contributed by atoms with E-state index in [1.54, 1.807) is 0 Å². The van der Waals surface area contributed by atoms with Crippen LogP contribution >= 0.6 is 11.6 Å². The largest absolute Gasteiger partial charge is 0.348 e. The Morgan fingerprint density at radius 3 is 2.37 bits per heavy atom. The van der Waals surface area contributed by atoms with Crippen LogP contribution < -0.4 is 4.90 Å². The summed E-state index contributed by atoms with van der Waals surface area (Å²) in [5.74, 6) is 1.56. The molecule has 0 fully saturated rings. The highest BCUT2D eigenvalue weighted by Crippen LogP contribution is 2.31. The van der Waals surface area contributed by atoms with Gasteiger partial charge in [-0.25, -0.2) is 4.98 Å². The lowest BCUT2D eigenvalue weighted by molar-refractivity contribution is 0.841. The molecule has 3 rings (SSSR count). The highest BCUT2D eigenvalue weighted by atomic mass is 35.5. The Kier molecular flexibility index (Phi) is 3.19. The monoisotopic (exact) mass is 272 g/mol. The number of fused-ring (bicyclic) bond motifs is 1. The molecule has 0 saturated carbocycles. The van der Waals surface area contributed by atoms with Crippen LogP contribution in [0, 0.1) is 13.8 Å². The molecule has 0 saturated heterocycles. The van der Waals surface area contributed by atoms with Crippen molar-refractivity contribution in [2.45, 2.75) is 32.8 Å². The maximum absolute atomic E-state index is 6.11. The Bertz CT molecular complexity index is 597. The molecule has 0 radical (unpaired) electrons.